The van der Waals surface area contributed by atoms with Crippen molar-refractivity contribution < 1.29 is 47.6 Å². The summed E-state index contributed by atoms with van der Waals surface area (Å²) in [6, 6.07) is 37.0. The van der Waals surface area contributed by atoms with Gasteiger partial charge in [0.2, 0.25) is 0 Å². The zero-order chi connectivity index (χ0) is 71.8. The summed E-state index contributed by atoms with van der Waals surface area (Å²) in [4.78, 5) is 57.7. The Bertz CT molecular complexity index is 3910. The second-order valence-electron chi connectivity index (χ2n) is 40.6. The van der Waals surface area contributed by atoms with Crippen LogP contribution in [0.1, 0.15) is 221 Å². The van der Waals surface area contributed by atoms with Crippen molar-refractivity contribution in [1.29, 1.82) is 0 Å². The van der Waals surface area contributed by atoms with Crippen LogP contribution in [0.2, 0.25) is 0 Å². The van der Waals surface area contributed by atoms with Crippen molar-refractivity contribution >= 4 is 67.5 Å². The third-order valence-electron chi connectivity index (χ3n) is 29.7. The zero-order valence-corrected chi connectivity index (χ0v) is 67.2. The Balaban J connectivity index is 0.0000000982. The summed E-state index contributed by atoms with van der Waals surface area (Å²) < 4.78 is 36.7. The van der Waals surface area contributed by atoms with E-state index in [9.17, 15) is 19.2 Å². The standard InChI is InChI=1S/C28H35O4S.C28H37O3S.C17H21O2S.C17H23OS/c1-27(2,3)18-4-6-19(7-5-18)33-21-11-20-24(33)23(31-25(20)29)22(21)32-26(30)28-12-15-8-16(13-28)10-17(9-15)14-28;1-27(2,3)20-4-6-21(7-5-20)32-22-11-19-15-30-24(25(19)32)23(22)31-26(29)28-12-16-8-17(13-28)10-18(9-16)14-28;1-17(2,3)10-4-6-11(7-5-10)20-12-8-13-15(20)14(9-12)19-16(13)18;1-17(2,3)12-4-6-13(7-5-12)19-14-8-11-10-18-15(9-14)16(11)19/h4-7,15-17,20-24H,8-14H2,1-3H3;4-7,16-19,22-25H,8-15H2,1-3H3;4-7,12-15H,8-9H2,1-3H3;4-7,11,14-16H,8-10H2,1-3H3/q4*+1. The second kappa shape index (κ2) is 25.3. The summed E-state index contributed by atoms with van der Waals surface area (Å²) in [5, 5.41) is 4.33. The molecule has 22 unspecified atom stereocenters. The lowest BCUT2D eigenvalue weighted by Gasteiger charge is -2.55. The SMILES string of the molecule is CC(C)(C)c1ccc([S+]2C3CC4C(=O)OC(C3OC(=O)C35CC6CC(CC(C6)C3)C5)C42)cc1.CC(C)(C)c1ccc([S+]2C3CC4COC(C3)C42)cc1.CC(C)(C)c1ccc([S+]2C3CC4COC(C3OC(=O)C35CC6CC(CC(C6)C3)C5)C42)cc1.CC(C)(C)c1ccc([S+]2C3CC4OC(=O)C(C3)C42)cc1. The van der Waals surface area contributed by atoms with E-state index in [1.54, 1.807) is 4.90 Å². The minimum absolute atomic E-state index is 0.0138. The molecule has 0 spiro atoms. The van der Waals surface area contributed by atoms with Gasteiger partial charge in [-0.05, 0) is 205 Å². The van der Waals surface area contributed by atoms with Gasteiger partial charge in [0.1, 0.15) is 34.5 Å². The van der Waals surface area contributed by atoms with E-state index in [0.717, 1.165) is 105 Å². The maximum atomic E-state index is 13.7. The molecule has 4 aromatic carbocycles. The van der Waals surface area contributed by atoms with Gasteiger partial charge in [-0.2, -0.15) is 0 Å². The first-order chi connectivity index (χ1) is 49.5. The molecule has 12 aliphatic heterocycles. The van der Waals surface area contributed by atoms with Crippen LogP contribution >= 0.6 is 0 Å². The molecule has 0 aromatic heterocycles. The number of esters is 4. The lowest BCUT2D eigenvalue weighted by atomic mass is 9.49. The highest BCUT2D eigenvalue weighted by molar-refractivity contribution is 7.99. The average Bonchev–Trinajstić information content (AvgIpc) is 1.56. The largest absolute Gasteiger partial charge is 0.456 e. The molecular formula is C90H116O10S4+4. The lowest BCUT2D eigenvalue weighted by molar-refractivity contribution is -0.183. The van der Waals surface area contributed by atoms with Gasteiger partial charge in [-0.25, -0.2) is 0 Å². The van der Waals surface area contributed by atoms with Crippen LogP contribution in [-0.4, -0.2) is 116 Å². The molecule has 556 valence electrons. The molecule has 8 aliphatic carbocycles. The van der Waals surface area contributed by atoms with E-state index >= 15 is 0 Å². The van der Waals surface area contributed by atoms with Crippen LogP contribution in [0.15, 0.2) is 117 Å². The van der Waals surface area contributed by atoms with Crippen LogP contribution in [-0.2, 0) is 113 Å². The van der Waals surface area contributed by atoms with E-state index in [2.05, 4.69) is 180 Å². The van der Waals surface area contributed by atoms with E-state index < -0.39 is 0 Å². The van der Waals surface area contributed by atoms with E-state index in [-0.39, 0.29) is 142 Å². The molecule has 14 heteroatoms. The third kappa shape index (κ3) is 11.8. The quantitative estimate of drug-likeness (QED) is 0.0957. The molecule has 0 radical (unpaired) electrons. The summed E-state index contributed by atoms with van der Waals surface area (Å²) in [5.41, 5.74) is 5.87. The Morgan fingerprint density at radius 2 is 0.721 bits per heavy atom. The van der Waals surface area contributed by atoms with Crippen molar-refractivity contribution in [2.45, 2.75) is 319 Å². The van der Waals surface area contributed by atoms with Gasteiger partial charge in [-0.1, -0.05) is 132 Å². The van der Waals surface area contributed by atoms with Gasteiger partial charge in [0.05, 0.1) is 24.0 Å². The molecule has 8 saturated carbocycles. The number of hydrogen-bond acceptors (Lipinski definition) is 10. The summed E-state index contributed by atoms with van der Waals surface area (Å²) in [7, 11) is 0.739. The van der Waals surface area contributed by atoms with Crippen LogP contribution in [0.4, 0.5) is 0 Å². The van der Waals surface area contributed by atoms with Gasteiger partial charge in [0, 0.05) is 93.9 Å². The Labute approximate surface area is 631 Å². The molecule has 0 N–H and O–H groups in total. The van der Waals surface area contributed by atoms with Crippen LogP contribution in [0.5, 0.6) is 0 Å². The summed E-state index contributed by atoms with van der Waals surface area (Å²) in [5.74, 6) is 6.37. The highest BCUT2D eigenvalue weighted by atomic mass is 32.2. The molecule has 4 aromatic rings. The average molecular weight is 1490 g/mol. The van der Waals surface area contributed by atoms with Crippen LogP contribution in [0.3, 0.4) is 0 Å². The fourth-order valence-electron chi connectivity index (χ4n) is 25.6. The molecule has 12 heterocycles. The van der Waals surface area contributed by atoms with Gasteiger partial charge in [-0.3, -0.25) is 19.2 Å². The number of carbonyl (C=O) groups is 4. The molecule has 0 amide bonds. The first-order valence-electron chi connectivity index (χ1n) is 40.9. The first-order valence-corrected chi connectivity index (χ1v) is 46.3. The Kier molecular flexibility index (Phi) is 17.1. The summed E-state index contributed by atoms with van der Waals surface area (Å²) >= 11 is 0. The number of hydrogen-bond donors (Lipinski definition) is 0. The van der Waals surface area contributed by atoms with E-state index in [1.807, 2.05) is 0 Å². The van der Waals surface area contributed by atoms with Gasteiger partial charge in [-0.15, -0.1) is 0 Å². The Morgan fingerprint density at radius 3 is 1.15 bits per heavy atom. The van der Waals surface area contributed by atoms with E-state index in [0.29, 0.717) is 61.7 Å². The highest BCUT2D eigenvalue weighted by Crippen LogP contribution is 2.65. The number of ether oxygens (including phenoxy) is 6. The molecule has 20 fully saturated rings. The topological polar surface area (TPSA) is 124 Å². The normalized spacial score (nSPS) is 44.2. The molecule has 104 heavy (non-hydrogen) atoms. The van der Waals surface area contributed by atoms with Gasteiger partial charge < -0.3 is 28.4 Å². The maximum absolute atomic E-state index is 13.7. The monoisotopic (exact) mass is 1480 g/mol. The molecular weight excluding hydrogens is 1370 g/mol. The predicted molar refractivity (Wildman–Crippen MR) is 415 cm³/mol. The first kappa shape index (κ1) is 70.5. The van der Waals surface area contributed by atoms with E-state index in [4.69, 9.17) is 28.4 Å². The van der Waals surface area contributed by atoms with Crippen molar-refractivity contribution in [1.82, 2.24) is 0 Å². The highest BCUT2D eigenvalue weighted by Gasteiger charge is 2.78. The number of rotatable bonds is 8. The third-order valence-corrected chi connectivity index (χ3v) is 42.3. The maximum Gasteiger partial charge on any atom is 0.315 e. The number of carbonyl (C=O) groups excluding carboxylic acids is 4. The fraction of sp³-hybridized carbons (Fsp3) is 0.689. The van der Waals surface area contributed by atoms with Gasteiger partial charge in [0.25, 0.3) is 0 Å². The minimum Gasteiger partial charge on any atom is -0.456 e. The zero-order valence-electron chi connectivity index (χ0n) is 64.0. The van der Waals surface area contributed by atoms with Crippen molar-refractivity contribution in [3.63, 3.8) is 0 Å². The van der Waals surface area contributed by atoms with Gasteiger partial charge >= 0.3 is 23.9 Å². The predicted octanol–water partition coefficient (Wildman–Crippen LogP) is 16.6. The summed E-state index contributed by atoms with van der Waals surface area (Å²) in [6.07, 6.45) is 21.7. The van der Waals surface area contributed by atoms with Crippen molar-refractivity contribution in [2.24, 2.45) is 70.0 Å². The minimum atomic E-state index is -0.260. The van der Waals surface area contributed by atoms with Crippen molar-refractivity contribution in [3.05, 3.63) is 119 Å². The summed E-state index contributed by atoms with van der Waals surface area (Å²) in [6.45, 7) is 29.0. The molecule has 20 aliphatic rings. The lowest BCUT2D eigenvalue weighted by Crippen LogP contribution is -2.52. The molecule has 16 bridgehead atoms. The van der Waals surface area contributed by atoms with Crippen LogP contribution in [0, 0.1) is 70.0 Å². The Morgan fingerprint density at radius 1 is 0.365 bits per heavy atom. The van der Waals surface area contributed by atoms with Crippen molar-refractivity contribution in [2.75, 3.05) is 13.2 Å². The number of benzene rings is 4. The van der Waals surface area contributed by atoms with Gasteiger partial charge in [0.15, 0.2) is 75.5 Å². The molecule has 24 rings (SSSR count). The fourth-order valence-corrected chi connectivity index (χ4v) is 39.7. The van der Waals surface area contributed by atoms with Crippen LogP contribution < -0.4 is 0 Å². The van der Waals surface area contributed by atoms with Crippen molar-refractivity contribution in [3.8, 4) is 0 Å². The number of fused-ring (bicyclic) bond motifs is 4. The molecule has 22 atom stereocenters. The molecule has 12 saturated heterocycles. The second-order valence-corrected chi connectivity index (χ2v) is 50.2. The van der Waals surface area contributed by atoms with E-state index in [1.165, 1.54) is 94.7 Å². The Hall–Kier alpha value is -3.92. The molecule has 10 nitrogen and oxygen atoms in total. The van der Waals surface area contributed by atoms with Crippen LogP contribution in [0.25, 0.3) is 0 Å². The smallest absolute Gasteiger partial charge is 0.315 e.